The Balaban J connectivity index is 1.97. The van der Waals surface area contributed by atoms with Crippen molar-refractivity contribution >= 4 is 22.6 Å². The molecule has 2 aliphatic rings. The third kappa shape index (κ3) is 2.33. The second-order valence-corrected chi connectivity index (χ2v) is 7.01. The van der Waals surface area contributed by atoms with E-state index in [1.54, 1.807) is 0 Å². The molecule has 6 nitrogen and oxygen atoms in total. The van der Waals surface area contributed by atoms with Crippen LogP contribution in [0.25, 0.3) is 10.9 Å². The van der Waals surface area contributed by atoms with Crippen molar-refractivity contribution in [1.82, 2.24) is 9.47 Å². The van der Waals surface area contributed by atoms with Gasteiger partial charge in [-0.15, -0.1) is 0 Å². The van der Waals surface area contributed by atoms with Crippen molar-refractivity contribution in [3.63, 3.8) is 0 Å². The Labute approximate surface area is 144 Å². The van der Waals surface area contributed by atoms with Crippen LogP contribution in [0.3, 0.4) is 0 Å². The van der Waals surface area contributed by atoms with Crippen LogP contribution in [0.5, 0.6) is 0 Å². The van der Waals surface area contributed by atoms with E-state index in [0.717, 1.165) is 31.7 Å². The zero-order valence-corrected chi connectivity index (χ0v) is 14.3. The zero-order chi connectivity index (χ0) is 17.9. The SMILES string of the molecule is C[C@H]1Cc2c(N3CCN(C)CC3)c(F)cc3c(=O)c(C(=O)O)cn1c23. The van der Waals surface area contributed by atoms with Gasteiger partial charge in [0.1, 0.15) is 11.4 Å². The molecule has 3 heterocycles. The highest BCUT2D eigenvalue weighted by molar-refractivity contribution is 5.96. The first-order valence-corrected chi connectivity index (χ1v) is 8.45. The lowest BCUT2D eigenvalue weighted by atomic mass is 10.0. The van der Waals surface area contributed by atoms with Crippen LogP contribution in [0.4, 0.5) is 10.1 Å². The van der Waals surface area contributed by atoms with Crippen LogP contribution in [0.1, 0.15) is 28.9 Å². The number of anilines is 1. The number of hydrogen-bond acceptors (Lipinski definition) is 4. The molecule has 4 rings (SSSR count). The summed E-state index contributed by atoms with van der Waals surface area (Å²) in [5, 5.41) is 9.44. The number of nitrogens with zero attached hydrogens (tertiary/aromatic N) is 3. The normalized spacial score (nSPS) is 20.4. The van der Waals surface area contributed by atoms with Gasteiger partial charge in [0, 0.05) is 49.4 Å². The molecule has 2 aromatic rings. The smallest absolute Gasteiger partial charge is 0.341 e. The van der Waals surface area contributed by atoms with E-state index in [-0.39, 0.29) is 17.0 Å². The Morgan fingerprint density at radius 2 is 1.96 bits per heavy atom. The molecular formula is C18H20FN3O3. The van der Waals surface area contributed by atoms with E-state index in [4.69, 9.17) is 0 Å². The van der Waals surface area contributed by atoms with Crippen LogP contribution in [-0.4, -0.2) is 53.8 Å². The summed E-state index contributed by atoms with van der Waals surface area (Å²) in [6.07, 6.45) is 2.00. The fraction of sp³-hybridized carbons (Fsp3) is 0.444. The van der Waals surface area contributed by atoms with Gasteiger partial charge >= 0.3 is 5.97 Å². The van der Waals surface area contributed by atoms with Crippen LogP contribution in [0.15, 0.2) is 17.1 Å². The molecule has 25 heavy (non-hydrogen) atoms. The molecule has 1 fully saturated rings. The average Bonchev–Trinajstić information content (AvgIpc) is 2.88. The molecule has 132 valence electrons. The minimum absolute atomic E-state index is 0.00999. The molecule has 0 aliphatic carbocycles. The van der Waals surface area contributed by atoms with E-state index in [1.165, 1.54) is 12.3 Å². The standard InChI is InChI=1S/C18H20FN3O3/c1-10-7-11-15-12(17(23)13(18(24)25)9-22(10)15)8-14(19)16(11)21-5-3-20(2)4-6-21/h8-10H,3-7H2,1-2H3,(H,24,25)/t10-/m0/s1. The van der Waals surface area contributed by atoms with Crippen LogP contribution >= 0.6 is 0 Å². The maximum absolute atomic E-state index is 15.0. The molecular weight excluding hydrogens is 325 g/mol. The quantitative estimate of drug-likeness (QED) is 0.898. The van der Waals surface area contributed by atoms with E-state index in [0.29, 0.717) is 17.6 Å². The molecule has 2 aliphatic heterocycles. The summed E-state index contributed by atoms with van der Waals surface area (Å²) in [7, 11) is 2.04. The lowest BCUT2D eigenvalue weighted by molar-refractivity contribution is 0.0694. The lowest BCUT2D eigenvalue weighted by Gasteiger charge is -2.35. The van der Waals surface area contributed by atoms with Gasteiger partial charge in [-0.25, -0.2) is 9.18 Å². The van der Waals surface area contributed by atoms with Gasteiger partial charge in [-0.2, -0.15) is 0 Å². The highest BCUT2D eigenvalue weighted by atomic mass is 19.1. The first-order chi connectivity index (χ1) is 11.9. The fourth-order valence-corrected chi connectivity index (χ4v) is 4.02. The third-order valence-corrected chi connectivity index (χ3v) is 5.36. The zero-order valence-electron chi connectivity index (χ0n) is 14.3. The molecule has 1 saturated heterocycles. The van der Waals surface area contributed by atoms with Gasteiger partial charge in [0.2, 0.25) is 5.43 Å². The van der Waals surface area contributed by atoms with Crippen LogP contribution in [-0.2, 0) is 6.42 Å². The van der Waals surface area contributed by atoms with E-state index < -0.39 is 17.2 Å². The molecule has 0 bridgehead atoms. The van der Waals surface area contributed by atoms with Crippen molar-refractivity contribution in [3.8, 4) is 0 Å². The third-order valence-electron chi connectivity index (χ3n) is 5.36. The van der Waals surface area contributed by atoms with Gasteiger partial charge in [0.25, 0.3) is 0 Å². The van der Waals surface area contributed by atoms with Gasteiger partial charge in [0.15, 0.2) is 0 Å². The van der Waals surface area contributed by atoms with Crippen LogP contribution in [0, 0.1) is 5.82 Å². The lowest BCUT2D eigenvalue weighted by Crippen LogP contribution is -2.45. The van der Waals surface area contributed by atoms with Gasteiger partial charge < -0.3 is 19.5 Å². The topological polar surface area (TPSA) is 65.8 Å². The molecule has 0 unspecified atom stereocenters. The number of benzene rings is 1. The molecule has 1 aromatic heterocycles. The Kier molecular flexibility index (Phi) is 3.57. The fourth-order valence-electron chi connectivity index (χ4n) is 4.02. The van der Waals surface area contributed by atoms with E-state index in [2.05, 4.69) is 4.90 Å². The predicted octanol–water partition coefficient (Wildman–Crippen LogP) is 1.71. The van der Waals surface area contributed by atoms with Gasteiger partial charge in [-0.05, 0) is 26.5 Å². The molecule has 0 amide bonds. The van der Waals surface area contributed by atoms with E-state index in [9.17, 15) is 19.1 Å². The summed E-state index contributed by atoms with van der Waals surface area (Å²) in [6.45, 7) is 5.14. The number of carboxylic acids is 1. The molecule has 7 heteroatoms. The summed E-state index contributed by atoms with van der Waals surface area (Å²) in [4.78, 5) is 28.1. The Morgan fingerprint density at radius 3 is 2.60 bits per heavy atom. The van der Waals surface area contributed by atoms with Crippen molar-refractivity contribution in [1.29, 1.82) is 0 Å². The summed E-state index contributed by atoms with van der Waals surface area (Å²) in [5.74, 6) is -1.72. The van der Waals surface area contributed by atoms with Crippen LogP contribution in [0.2, 0.25) is 0 Å². The number of likely N-dealkylation sites (N-methyl/N-ethyl adjacent to an activating group) is 1. The second kappa shape index (κ2) is 5.56. The van der Waals surface area contributed by atoms with E-state index in [1.807, 2.05) is 23.4 Å². The van der Waals surface area contributed by atoms with Crippen molar-refractivity contribution in [2.24, 2.45) is 0 Å². The number of halogens is 1. The molecule has 1 N–H and O–H groups in total. The molecule has 0 saturated carbocycles. The number of carboxylic acid groups (broad SMARTS) is 1. The van der Waals surface area contributed by atoms with Crippen molar-refractivity contribution in [3.05, 3.63) is 39.4 Å². The molecule has 0 radical (unpaired) electrons. The van der Waals surface area contributed by atoms with Gasteiger partial charge in [-0.1, -0.05) is 0 Å². The summed E-state index contributed by atoms with van der Waals surface area (Å²) < 4.78 is 16.8. The minimum Gasteiger partial charge on any atom is -0.477 e. The highest BCUT2D eigenvalue weighted by Crippen LogP contribution is 2.39. The minimum atomic E-state index is -1.28. The summed E-state index contributed by atoms with van der Waals surface area (Å²) >= 11 is 0. The number of pyridine rings is 1. The van der Waals surface area contributed by atoms with Crippen molar-refractivity contribution in [2.45, 2.75) is 19.4 Å². The Hall–Kier alpha value is -2.41. The predicted molar refractivity (Wildman–Crippen MR) is 93.3 cm³/mol. The van der Waals surface area contributed by atoms with Crippen LogP contribution < -0.4 is 10.3 Å². The summed E-state index contributed by atoms with van der Waals surface area (Å²) in [6, 6.07) is 1.21. The highest BCUT2D eigenvalue weighted by Gasteiger charge is 2.31. The van der Waals surface area contributed by atoms with Crippen molar-refractivity contribution in [2.75, 3.05) is 38.1 Å². The molecule has 1 aromatic carbocycles. The number of aromatic carboxylic acids is 1. The number of rotatable bonds is 2. The van der Waals surface area contributed by atoms with Gasteiger partial charge in [0.05, 0.1) is 11.2 Å². The van der Waals surface area contributed by atoms with Gasteiger partial charge in [-0.3, -0.25) is 4.79 Å². The number of aromatic nitrogens is 1. The number of carbonyl (C=O) groups is 1. The first kappa shape index (κ1) is 16.1. The summed E-state index contributed by atoms with van der Waals surface area (Å²) in [5.41, 5.74) is 1.15. The number of hydrogen-bond donors (Lipinski definition) is 1. The number of piperazine rings is 1. The second-order valence-electron chi connectivity index (χ2n) is 7.01. The average molecular weight is 345 g/mol. The van der Waals surface area contributed by atoms with E-state index >= 15 is 0 Å². The monoisotopic (exact) mass is 345 g/mol. The Bertz CT molecular complexity index is 945. The first-order valence-electron chi connectivity index (χ1n) is 8.45. The molecule has 0 spiro atoms. The largest absolute Gasteiger partial charge is 0.477 e. The maximum Gasteiger partial charge on any atom is 0.341 e. The molecule has 1 atom stereocenters. The maximum atomic E-state index is 15.0. The van der Waals surface area contributed by atoms with Crippen molar-refractivity contribution < 1.29 is 14.3 Å². The Morgan fingerprint density at radius 1 is 1.28 bits per heavy atom.